The topological polar surface area (TPSA) is 245 Å². The fourth-order valence-electron chi connectivity index (χ4n) is 4.76. The van der Waals surface area contributed by atoms with Crippen molar-refractivity contribution in [1.29, 1.82) is 0 Å². The summed E-state index contributed by atoms with van der Waals surface area (Å²) in [4.78, 5) is 12.8. The summed E-state index contributed by atoms with van der Waals surface area (Å²) < 4.78 is 28.2. The van der Waals surface area contributed by atoms with Gasteiger partial charge in [-0.3, -0.25) is 0 Å². The van der Waals surface area contributed by atoms with Gasteiger partial charge in [-0.2, -0.15) is 0 Å². The normalized spacial score (nSPS) is 32.5. The molecule has 0 bridgehead atoms. The van der Waals surface area contributed by atoms with Crippen LogP contribution in [-0.4, -0.2) is 127 Å². The molecule has 15 heteroatoms. The van der Waals surface area contributed by atoms with E-state index < -0.39 is 79.7 Å². The van der Waals surface area contributed by atoms with Gasteiger partial charge in [0, 0.05) is 6.08 Å². The Morgan fingerprint density at radius 3 is 2.16 bits per heavy atom. The fraction of sp³-hybridized carbons (Fsp3) is 0.483. The minimum atomic E-state index is -1.77. The van der Waals surface area contributed by atoms with Crippen LogP contribution in [0, 0.1) is 0 Å². The Morgan fingerprint density at radius 2 is 1.50 bits per heavy atom. The van der Waals surface area contributed by atoms with Crippen LogP contribution in [0.1, 0.15) is 18.1 Å². The summed E-state index contributed by atoms with van der Waals surface area (Å²) >= 11 is 0. The van der Waals surface area contributed by atoms with Crippen molar-refractivity contribution in [1.82, 2.24) is 0 Å². The number of phenolic OH excluding ortho intramolecular Hbond substituents is 4. The summed E-state index contributed by atoms with van der Waals surface area (Å²) in [5, 5.41) is 90.5. The van der Waals surface area contributed by atoms with E-state index in [2.05, 4.69) is 0 Å². The molecule has 0 amide bonds. The Balaban J connectivity index is 1.52. The summed E-state index contributed by atoms with van der Waals surface area (Å²) in [5.41, 5.74) is 0.914. The minimum absolute atomic E-state index is 0.0754. The molecular formula is C29H36O15. The first kappa shape index (κ1) is 33.4. The molecule has 0 saturated carbocycles. The largest absolute Gasteiger partial charge is 0.504 e. The van der Waals surface area contributed by atoms with Gasteiger partial charge in [0.25, 0.3) is 0 Å². The number of carbonyl (C=O) groups is 1. The molecule has 2 fully saturated rings. The smallest absolute Gasteiger partial charge is 0.331 e. The molecule has 242 valence electrons. The molecule has 4 rings (SSSR count). The Hall–Kier alpha value is -3.51. The molecule has 2 aliphatic heterocycles. The molecule has 2 aliphatic rings. The molecule has 10 atom stereocenters. The SMILES string of the molecule is CC1OC(O[C@@H]2C(O)[C@H](OCCc3ccc(O)c(O)c3)O[C@H](CO)C2OC(=O)/C=C/c2ccc(O)c(O)c2)C(O)C(O)[C@H]1O. The lowest BCUT2D eigenvalue weighted by Gasteiger charge is -2.46. The van der Waals surface area contributed by atoms with Gasteiger partial charge in [-0.1, -0.05) is 12.1 Å². The molecule has 2 aromatic carbocycles. The van der Waals surface area contributed by atoms with Crippen LogP contribution in [0.25, 0.3) is 6.08 Å². The maximum absolute atomic E-state index is 12.8. The number of phenols is 4. The number of aromatic hydroxyl groups is 4. The molecule has 15 nitrogen and oxygen atoms in total. The summed E-state index contributed by atoms with van der Waals surface area (Å²) in [7, 11) is 0. The zero-order chi connectivity index (χ0) is 32.1. The van der Waals surface area contributed by atoms with Crippen molar-refractivity contribution >= 4 is 12.0 Å². The van der Waals surface area contributed by atoms with Gasteiger partial charge in [-0.15, -0.1) is 0 Å². The van der Waals surface area contributed by atoms with Crippen LogP contribution < -0.4 is 0 Å². The molecule has 2 saturated heterocycles. The minimum Gasteiger partial charge on any atom is -0.504 e. The van der Waals surface area contributed by atoms with Gasteiger partial charge in [0.1, 0.15) is 36.6 Å². The first-order chi connectivity index (χ1) is 20.9. The summed E-state index contributed by atoms with van der Waals surface area (Å²) in [6, 6.07) is 7.98. The molecule has 6 unspecified atom stereocenters. The highest BCUT2D eigenvalue weighted by Crippen LogP contribution is 2.32. The number of benzene rings is 2. The van der Waals surface area contributed by atoms with Crippen molar-refractivity contribution in [3.05, 3.63) is 53.6 Å². The summed E-state index contributed by atoms with van der Waals surface area (Å²) in [6.07, 6.45) is -12.6. The predicted molar refractivity (Wildman–Crippen MR) is 147 cm³/mol. The van der Waals surface area contributed by atoms with Crippen molar-refractivity contribution in [2.24, 2.45) is 0 Å². The number of rotatable bonds is 10. The Morgan fingerprint density at radius 1 is 0.818 bits per heavy atom. The lowest BCUT2D eigenvalue weighted by atomic mass is 9.97. The molecule has 0 radical (unpaired) electrons. The number of esters is 1. The number of aliphatic hydroxyl groups excluding tert-OH is 5. The Kier molecular flexibility index (Phi) is 11.0. The summed E-state index contributed by atoms with van der Waals surface area (Å²) in [6.45, 7) is 0.606. The van der Waals surface area contributed by atoms with Crippen molar-refractivity contribution < 1.29 is 74.4 Å². The van der Waals surface area contributed by atoms with E-state index in [0.717, 1.165) is 6.08 Å². The van der Waals surface area contributed by atoms with E-state index in [0.29, 0.717) is 11.1 Å². The van der Waals surface area contributed by atoms with E-state index in [1.54, 1.807) is 6.07 Å². The first-order valence-corrected chi connectivity index (χ1v) is 13.7. The third-order valence-electron chi connectivity index (χ3n) is 7.27. The van der Waals surface area contributed by atoms with Crippen LogP contribution in [0.5, 0.6) is 23.0 Å². The zero-order valence-corrected chi connectivity index (χ0v) is 23.5. The molecule has 0 spiro atoms. The lowest BCUT2D eigenvalue weighted by molar-refractivity contribution is -0.357. The van der Waals surface area contributed by atoms with Crippen LogP contribution in [0.2, 0.25) is 0 Å². The van der Waals surface area contributed by atoms with Crippen LogP contribution in [-0.2, 0) is 34.9 Å². The molecular weight excluding hydrogens is 588 g/mol. The second-order valence-corrected chi connectivity index (χ2v) is 10.4. The van der Waals surface area contributed by atoms with Gasteiger partial charge < -0.3 is 69.6 Å². The highest BCUT2D eigenvalue weighted by molar-refractivity contribution is 5.87. The quantitative estimate of drug-likeness (QED) is 0.0873. The lowest BCUT2D eigenvalue weighted by Crippen LogP contribution is -2.65. The van der Waals surface area contributed by atoms with Crippen LogP contribution in [0.3, 0.4) is 0 Å². The second-order valence-electron chi connectivity index (χ2n) is 10.4. The maximum atomic E-state index is 12.8. The molecule has 2 heterocycles. The second kappa shape index (κ2) is 14.5. The molecule has 9 N–H and O–H groups in total. The van der Waals surface area contributed by atoms with Crippen molar-refractivity contribution in [2.45, 2.75) is 74.8 Å². The average Bonchev–Trinajstić information content (AvgIpc) is 2.99. The number of hydrogen-bond acceptors (Lipinski definition) is 15. The van der Waals surface area contributed by atoms with Gasteiger partial charge in [-0.05, 0) is 54.8 Å². The van der Waals surface area contributed by atoms with Crippen molar-refractivity contribution in [2.75, 3.05) is 13.2 Å². The van der Waals surface area contributed by atoms with Crippen LogP contribution in [0.4, 0.5) is 0 Å². The zero-order valence-electron chi connectivity index (χ0n) is 23.5. The maximum Gasteiger partial charge on any atom is 0.331 e. The Labute approximate surface area is 251 Å². The van der Waals surface area contributed by atoms with Crippen molar-refractivity contribution in [3.8, 4) is 23.0 Å². The first-order valence-electron chi connectivity index (χ1n) is 13.7. The number of hydrogen-bond donors (Lipinski definition) is 9. The Bertz CT molecular complexity index is 1300. The average molecular weight is 625 g/mol. The third-order valence-corrected chi connectivity index (χ3v) is 7.27. The summed E-state index contributed by atoms with van der Waals surface area (Å²) in [5.74, 6) is -2.40. The molecule has 2 aromatic rings. The van der Waals surface area contributed by atoms with Crippen LogP contribution >= 0.6 is 0 Å². The van der Waals surface area contributed by atoms with E-state index in [-0.39, 0.29) is 30.3 Å². The van der Waals surface area contributed by atoms with Crippen molar-refractivity contribution in [3.63, 3.8) is 0 Å². The van der Waals surface area contributed by atoms with E-state index in [1.807, 2.05) is 0 Å². The number of aliphatic hydroxyl groups is 5. The molecule has 0 aromatic heterocycles. The van der Waals surface area contributed by atoms with E-state index in [4.69, 9.17) is 23.7 Å². The van der Waals surface area contributed by atoms with Gasteiger partial charge in [0.2, 0.25) is 0 Å². The van der Waals surface area contributed by atoms with Gasteiger partial charge in [0.05, 0.1) is 19.3 Å². The van der Waals surface area contributed by atoms with E-state index in [1.165, 1.54) is 43.3 Å². The van der Waals surface area contributed by atoms with Gasteiger partial charge in [0.15, 0.2) is 41.7 Å². The van der Waals surface area contributed by atoms with Gasteiger partial charge in [-0.25, -0.2) is 4.79 Å². The molecule has 0 aliphatic carbocycles. The standard InChI is InChI=1S/C29H36O15/c1-13-22(36)23(37)24(38)29(41-13)44-27-25(39)28(40-9-8-15-3-6-17(32)19(34)11-15)42-20(12-30)26(27)43-21(35)7-4-14-2-5-16(31)18(33)10-14/h2-7,10-11,13,20,22-34,36-39H,8-9,12H2,1H3/b7-4+/t13?,20-,22+,23?,24?,25?,26?,27-,28-,29?/m1/s1. The monoisotopic (exact) mass is 624 g/mol. The number of carbonyl (C=O) groups excluding carboxylic acids is 1. The third kappa shape index (κ3) is 7.76. The predicted octanol–water partition coefficient (Wildman–Crippen LogP) is -1.02. The van der Waals surface area contributed by atoms with E-state index in [9.17, 15) is 50.8 Å². The number of ether oxygens (including phenoxy) is 5. The highest BCUT2D eigenvalue weighted by Gasteiger charge is 2.52. The highest BCUT2D eigenvalue weighted by atomic mass is 16.7. The fourth-order valence-corrected chi connectivity index (χ4v) is 4.76. The van der Waals surface area contributed by atoms with Crippen LogP contribution in [0.15, 0.2) is 42.5 Å². The van der Waals surface area contributed by atoms with E-state index >= 15 is 0 Å². The van der Waals surface area contributed by atoms with Gasteiger partial charge >= 0.3 is 5.97 Å². The molecule has 44 heavy (non-hydrogen) atoms.